The fourth-order valence-electron chi connectivity index (χ4n) is 4.50. The van der Waals surface area contributed by atoms with Crippen molar-refractivity contribution < 1.29 is 4.79 Å². The zero-order chi connectivity index (χ0) is 23.6. The summed E-state index contributed by atoms with van der Waals surface area (Å²) in [5, 5.41) is 7.23. The summed E-state index contributed by atoms with van der Waals surface area (Å²) in [4.78, 5) is 29.3. The van der Waals surface area contributed by atoms with Crippen LogP contribution in [0.1, 0.15) is 21.7 Å². The second-order valence-corrected chi connectivity index (χ2v) is 10.3. The molecule has 6 rings (SSSR count). The normalized spacial score (nSPS) is 16.1. The van der Waals surface area contributed by atoms with Gasteiger partial charge in [-0.2, -0.15) is 0 Å². The molecule has 2 aromatic carbocycles. The second-order valence-electron chi connectivity index (χ2n) is 8.69. The topological polar surface area (TPSA) is 71.0 Å². The second kappa shape index (κ2) is 9.65. The molecule has 1 saturated heterocycles. The maximum atomic E-state index is 12.3. The highest BCUT2D eigenvalue weighted by Gasteiger charge is 2.24. The lowest BCUT2D eigenvalue weighted by Gasteiger charge is -2.17. The molecule has 35 heavy (non-hydrogen) atoms. The van der Waals surface area contributed by atoms with Crippen LogP contribution in [0.4, 0.5) is 0 Å². The van der Waals surface area contributed by atoms with Crippen LogP contribution in [0.25, 0.3) is 33.5 Å². The van der Waals surface area contributed by atoms with Gasteiger partial charge in [-0.25, -0.2) is 9.97 Å². The molecule has 1 atom stereocenters. The van der Waals surface area contributed by atoms with Gasteiger partial charge in [-0.05, 0) is 12.0 Å². The highest BCUT2D eigenvalue weighted by molar-refractivity contribution is 7.11. The molecule has 1 aliphatic heterocycles. The summed E-state index contributed by atoms with van der Waals surface area (Å²) in [5.74, 6) is -0.0263. The number of hydrogen-bond acceptors (Lipinski definition) is 7. The first-order chi connectivity index (χ1) is 17.2. The Morgan fingerprint density at radius 2 is 1.69 bits per heavy atom. The van der Waals surface area contributed by atoms with Crippen LogP contribution in [0.15, 0.2) is 77.1 Å². The predicted octanol–water partition coefficient (Wildman–Crippen LogP) is 5.49. The minimum atomic E-state index is -0.0263. The van der Waals surface area contributed by atoms with Gasteiger partial charge in [-0.1, -0.05) is 54.6 Å². The summed E-state index contributed by atoms with van der Waals surface area (Å²) in [6.45, 7) is 2.67. The summed E-state index contributed by atoms with van der Waals surface area (Å²) >= 11 is 3.00. The Balaban J connectivity index is 1.18. The summed E-state index contributed by atoms with van der Waals surface area (Å²) in [6, 6.07) is 19.0. The van der Waals surface area contributed by atoms with E-state index >= 15 is 0 Å². The lowest BCUT2D eigenvalue weighted by Crippen LogP contribution is -2.36. The van der Waals surface area contributed by atoms with E-state index < -0.39 is 0 Å². The van der Waals surface area contributed by atoms with Gasteiger partial charge >= 0.3 is 0 Å². The SMILES string of the molecule is O=C(N[C@@H]1CCN(Cc2ccc(-c3nc4cscc4nc3-c3ccccc3)cc2)C1)c1cncs1. The minimum Gasteiger partial charge on any atom is -0.347 e. The molecule has 4 heterocycles. The van der Waals surface area contributed by atoms with Crippen LogP contribution in [0.5, 0.6) is 0 Å². The molecule has 8 heteroatoms. The van der Waals surface area contributed by atoms with Gasteiger partial charge in [0.1, 0.15) is 15.9 Å². The number of carbonyl (C=O) groups excluding carboxylic acids is 1. The molecule has 1 N–H and O–H groups in total. The fourth-order valence-corrected chi connectivity index (χ4v) is 5.70. The number of rotatable bonds is 6. The third kappa shape index (κ3) is 4.73. The van der Waals surface area contributed by atoms with Crippen molar-refractivity contribution in [2.24, 2.45) is 0 Å². The van der Waals surface area contributed by atoms with Crippen molar-refractivity contribution in [3.8, 4) is 22.5 Å². The zero-order valence-electron chi connectivity index (χ0n) is 18.9. The average molecular weight is 498 g/mol. The third-order valence-electron chi connectivity index (χ3n) is 6.26. The number of hydrogen-bond donors (Lipinski definition) is 1. The van der Waals surface area contributed by atoms with Gasteiger partial charge in [0.15, 0.2) is 0 Å². The molecular weight excluding hydrogens is 474 g/mol. The van der Waals surface area contributed by atoms with Crippen molar-refractivity contribution in [3.05, 3.63) is 87.5 Å². The van der Waals surface area contributed by atoms with E-state index in [4.69, 9.17) is 9.97 Å². The summed E-state index contributed by atoms with van der Waals surface area (Å²) in [6.07, 6.45) is 2.58. The number of amides is 1. The number of aromatic nitrogens is 3. The van der Waals surface area contributed by atoms with Crippen LogP contribution in [0.2, 0.25) is 0 Å². The number of thiazole rings is 1. The molecule has 3 aromatic heterocycles. The highest BCUT2D eigenvalue weighted by atomic mass is 32.1. The maximum absolute atomic E-state index is 12.3. The molecule has 0 bridgehead atoms. The van der Waals surface area contributed by atoms with E-state index in [2.05, 4.69) is 51.6 Å². The smallest absolute Gasteiger partial charge is 0.263 e. The molecule has 5 aromatic rings. The van der Waals surface area contributed by atoms with Crippen molar-refractivity contribution in [2.75, 3.05) is 13.1 Å². The van der Waals surface area contributed by atoms with Crippen molar-refractivity contribution in [1.82, 2.24) is 25.2 Å². The summed E-state index contributed by atoms with van der Waals surface area (Å²) in [7, 11) is 0. The van der Waals surface area contributed by atoms with E-state index in [1.807, 2.05) is 29.0 Å². The molecule has 0 radical (unpaired) electrons. The first-order valence-corrected chi connectivity index (χ1v) is 13.4. The highest BCUT2D eigenvalue weighted by Crippen LogP contribution is 2.32. The Bertz CT molecular complexity index is 1450. The molecular formula is C27H23N5OS2. The molecule has 0 aliphatic carbocycles. The summed E-state index contributed by atoms with van der Waals surface area (Å²) in [5.41, 5.74) is 8.72. The summed E-state index contributed by atoms with van der Waals surface area (Å²) < 4.78 is 0. The van der Waals surface area contributed by atoms with E-state index in [-0.39, 0.29) is 11.9 Å². The fraction of sp³-hybridized carbons (Fsp3) is 0.185. The molecule has 1 amide bonds. The van der Waals surface area contributed by atoms with Gasteiger partial charge in [-0.3, -0.25) is 14.7 Å². The van der Waals surface area contributed by atoms with Gasteiger partial charge in [0.25, 0.3) is 5.91 Å². The van der Waals surface area contributed by atoms with E-state index in [0.717, 1.165) is 59.6 Å². The first kappa shape index (κ1) is 22.0. The molecule has 1 fully saturated rings. The van der Waals surface area contributed by atoms with Crippen molar-refractivity contribution in [2.45, 2.75) is 19.0 Å². The van der Waals surface area contributed by atoms with Crippen LogP contribution in [-0.4, -0.2) is 44.9 Å². The lowest BCUT2D eigenvalue weighted by molar-refractivity contribution is 0.0941. The standard InChI is InChI=1S/C27H23N5OS2/c33-27(24-12-28-17-35-24)29-21-10-11-32(14-21)13-18-6-8-20(9-7-18)26-25(19-4-2-1-3-5-19)30-22-15-34-16-23(22)31-26/h1-9,12,15-17,21H,10-11,13-14H2,(H,29,33)/t21-/m1/s1. The van der Waals surface area contributed by atoms with Crippen LogP contribution < -0.4 is 5.32 Å². The average Bonchev–Trinajstić information content (AvgIpc) is 3.67. The van der Waals surface area contributed by atoms with Gasteiger partial charge in [0, 0.05) is 47.6 Å². The Hall–Kier alpha value is -3.46. The van der Waals surface area contributed by atoms with Crippen LogP contribution in [0.3, 0.4) is 0 Å². The first-order valence-electron chi connectivity index (χ1n) is 11.5. The van der Waals surface area contributed by atoms with Gasteiger partial charge in [0.2, 0.25) is 0 Å². The number of nitrogens with zero attached hydrogens (tertiary/aromatic N) is 4. The number of nitrogens with one attached hydrogen (secondary N) is 1. The van der Waals surface area contributed by atoms with Gasteiger partial charge in [0.05, 0.1) is 23.1 Å². The van der Waals surface area contributed by atoms with Crippen LogP contribution in [0, 0.1) is 0 Å². The molecule has 174 valence electrons. The molecule has 1 aliphatic rings. The quantitative estimate of drug-likeness (QED) is 0.336. The number of likely N-dealkylation sites (tertiary alicyclic amines) is 1. The third-order valence-corrected chi connectivity index (χ3v) is 7.75. The Labute approximate surface area is 211 Å². The Morgan fingerprint density at radius 1 is 0.971 bits per heavy atom. The molecule has 0 spiro atoms. The van der Waals surface area contributed by atoms with Gasteiger partial charge < -0.3 is 5.32 Å². The van der Waals surface area contributed by atoms with E-state index in [9.17, 15) is 4.79 Å². The van der Waals surface area contributed by atoms with E-state index in [1.54, 1.807) is 23.0 Å². The van der Waals surface area contributed by atoms with Crippen molar-refractivity contribution in [3.63, 3.8) is 0 Å². The Kier molecular flexibility index (Phi) is 6.08. The zero-order valence-corrected chi connectivity index (χ0v) is 20.6. The number of thiophene rings is 1. The minimum absolute atomic E-state index is 0.0263. The largest absolute Gasteiger partial charge is 0.347 e. The monoisotopic (exact) mass is 497 g/mol. The Morgan fingerprint density at radius 3 is 2.37 bits per heavy atom. The van der Waals surface area contributed by atoms with Crippen molar-refractivity contribution >= 4 is 39.6 Å². The number of benzene rings is 2. The predicted molar refractivity (Wildman–Crippen MR) is 142 cm³/mol. The molecule has 0 saturated carbocycles. The van der Waals surface area contributed by atoms with Crippen LogP contribution >= 0.6 is 22.7 Å². The maximum Gasteiger partial charge on any atom is 0.263 e. The van der Waals surface area contributed by atoms with E-state index in [1.165, 1.54) is 16.9 Å². The lowest BCUT2D eigenvalue weighted by atomic mass is 10.0. The van der Waals surface area contributed by atoms with Crippen LogP contribution in [-0.2, 0) is 6.54 Å². The van der Waals surface area contributed by atoms with Crippen molar-refractivity contribution in [1.29, 1.82) is 0 Å². The number of carbonyl (C=O) groups is 1. The molecule has 6 nitrogen and oxygen atoms in total. The number of fused-ring (bicyclic) bond motifs is 1. The van der Waals surface area contributed by atoms with E-state index in [0.29, 0.717) is 4.88 Å². The molecule has 0 unspecified atom stereocenters. The van der Waals surface area contributed by atoms with Gasteiger partial charge in [-0.15, -0.1) is 22.7 Å².